The van der Waals surface area contributed by atoms with Crippen LogP contribution >= 0.6 is 15.9 Å². The first kappa shape index (κ1) is 15.6. The molecule has 0 amide bonds. The van der Waals surface area contributed by atoms with Crippen molar-refractivity contribution in [3.63, 3.8) is 0 Å². The predicted molar refractivity (Wildman–Crippen MR) is 85.5 cm³/mol. The van der Waals surface area contributed by atoms with Gasteiger partial charge < -0.3 is 15.2 Å². The van der Waals surface area contributed by atoms with Crippen LogP contribution in [0.3, 0.4) is 0 Å². The summed E-state index contributed by atoms with van der Waals surface area (Å²) in [6.45, 7) is 2.78. The van der Waals surface area contributed by atoms with Crippen molar-refractivity contribution in [1.82, 2.24) is 0 Å². The molecule has 0 radical (unpaired) electrons. The molecule has 4 heteroatoms. The van der Waals surface area contributed by atoms with Crippen molar-refractivity contribution in [3.8, 4) is 11.5 Å². The van der Waals surface area contributed by atoms with Gasteiger partial charge in [-0.2, -0.15) is 0 Å². The van der Waals surface area contributed by atoms with Crippen LogP contribution in [0.4, 0.5) is 0 Å². The van der Waals surface area contributed by atoms with Crippen molar-refractivity contribution in [2.75, 3.05) is 13.7 Å². The fraction of sp³-hybridized carbons (Fsp3) is 0.625. The average molecular weight is 342 g/mol. The lowest BCUT2D eigenvalue weighted by molar-refractivity contribution is 0.239. The number of hydrogen-bond acceptors (Lipinski definition) is 3. The van der Waals surface area contributed by atoms with Gasteiger partial charge in [0.05, 0.1) is 18.2 Å². The summed E-state index contributed by atoms with van der Waals surface area (Å²) in [5.41, 5.74) is 7.02. The van der Waals surface area contributed by atoms with Crippen LogP contribution in [-0.2, 0) is 6.42 Å². The molecule has 0 saturated heterocycles. The number of nitrogens with two attached hydrogens (primary N) is 1. The molecule has 3 nitrogen and oxygen atoms in total. The number of halogens is 1. The van der Waals surface area contributed by atoms with Crippen molar-refractivity contribution in [3.05, 3.63) is 22.2 Å². The zero-order valence-corrected chi connectivity index (χ0v) is 13.9. The van der Waals surface area contributed by atoms with Crippen molar-refractivity contribution >= 4 is 15.9 Å². The standard InChI is InChI=1S/C16H24BrNO2/c1-11(18)7-13-8-14(17)16(15(9-13)19-2)20-10-12-5-3-4-6-12/h8-9,11-12H,3-7,10,18H2,1-2H3. The molecule has 1 aliphatic carbocycles. The highest BCUT2D eigenvalue weighted by molar-refractivity contribution is 9.10. The molecule has 1 aromatic rings. The van der Waals surface area contributed by atoms with Gasteiger partial charge in [-0.1, -0.05) is 12.8 Å². The molecule has 0 heterocycles. The minimum atomic E-state index is 0.136. The maximum Gasteiger partial charge on any atom is 0.175 e. The highest BCUT2D eigenvalue weighted by Gasteiger charge is 2.18. The third-order valence-corrected chi connectivity index (χ3v) is 4.37. The Labute approximate surface area is 130 Å². The molecule has 20 heavy (non-hydrogen) atoms. The van der Waals surface area contributed by atoms with Gasteiger partial charge >= 0.3 is 0 Å². The Morgan fingerprint density at radius 1 is 1.35 bits per heavy atom. The van der Waals surface area contributed by atoms with Gasteiger partial charge in [0.25, 0.3) is 0 Å². The van der Waals surface area contributed by atoms with Crippen molar-refractivity contribution in [2.24, 2.45) is 11.7 Å². The lowest BCUT2D eigenvalue weighted by atomic mass is 10.1. The Morgan fingerprint density at radius 3 is 2.65 bits per heavy atom. The van der Waals surface area contributed by atoms with Crippen LogP contribution in [0.1, 0.15) is 38.2 Å². The number of methoxy groups -OCH3 is 1. The average Bonchev–Trinajstić information content (AvgIpc) is 2.89. The molecule has 1 saturated carbocycles. The van der Waals surface area contributed by atoms with Crippen LogP contribution in [-0.4, -0.2) is 19.8 Å². The summed E-state index contributed by atoms with van der Waals surface area (Å²) in [7, 11) is 1.68. The first-order valence-electron chi connectivity index (χ1n) is 7.35. The Balaban J connectivity index is 2.10. The molecule has 2 rings (SSSR count). The maximum absolute atomic E-state index is 6.00. The van der Waals surface area contributed by atoms with Crippen molar-refractivity contribution in [2.45, 2.75) is 45.1 Å². The zero-order valence-electron chi connectivity index (χ0n) is 12.3. The Hall–Kier alpha value is -0.740. The molecule has 1 aromatic carbocycles. The van der Waals surface area contributed by atoms with Gasteiger partial charge in [-0.25, -0.2) is 0 Å². The van der Waals surface area contributed by atoms with Crippen LogP contribution in [0, 0.1) is 5.92 Å². The summed E-state index contributed by atoms with van der Waals surface area (Å²) in [5.74, 6) is 2.29. The van der Waals surface area contributed by atoms with E-state index in [2.05, 4.69) is 22.0 Å². The van der Waals surface area contributed by atoms with Gasteiger partial charge in [0, 0.05) is 6.04 Å². The quantitative estimate of drug-likeness (QED) is 0.852. The highest BCUT2D eigenvalue weighted by Crippen LogP contribution is 2.38. The smallest absolute Gasteiger partial charge is 0.175 e. The maximum atomic E-state index is 6.00. The number of rotatable bonds is 6. The van der Waals surface area contributed by atoms with Crippen molar-refractivity contribution in [1.29, 1.82) is 0 Å². The molecule has 0 aliphatic heterocycles. The summed E-state index contributed by atoms with van der Waals surface area (Å²) >= 11 is 3.59. The van der Waals surface area contributed by atoms with E-state index in [1.807, 2.05) is 13.0 Å². The van der Waals surface area contributed by atoms with E-state index < -0.39 is 0 Å². The number of ether oxygens (including phenoxy) is 2. The largest absolute Gasteiger partial charge is 0.493 e. The monoisotopic (exact) mass is 341 g/mol. The topological polar surface area (TPSA) is 44.5 Å². The van der Waals surface area contributed by atoms with Gasteiger partial charge in [0.2, 0.25) is 0 Å². The summed E-state index contributed by atoms with van der Waals surface area (Å²) in [6, 6.07) is 4.24. The van der Waals surface area contributed by atoms with E-state index in [0.29, 0.717) is 5.92 Å². The second-order valence-electron chi connectivity index (χ2n) is 5.75. The van der Waals surface area contributed by atoms with E-state index in [1.165, 1.54) is 25.7 Å². The van der Waals surface area contributed by atoms with Crippen molar-refractivity contribution < 1.29 is 9.47 Å². The van der Waals surface area contributed by atoms with E-state index >= 15 is 0 Å². The normalized spacial score (nSPS) is 17.2. The second kappa shape index (κ2) is 7.32. The predicted octanol–water partition coefficient (Wildman–Crippen LogP) is 3.92. The fourth-order valence-electron chi connectivity index (χ4n) is 2.78. The molecule has 0 aromatic heterocycles. The van der Waals surface area contributed by atoms with E-state index in [0.717, 1.165) is 34.6 Å². The van der Waals surface area contributed by atoms with Gasteiger partial charge in [-0.05, 0) is 65.7 Å². The van der Waals surface area contributed by atoms with E-state index in [9.17, 15) is 0 Å². The minimum absolute atomic E-state index is 0.136. The fourth-order valence-corrected chi connectivity index (χ4v) is 3.39. The molecule has 1 unspecified atom stereocenters. The van der Waals surface area contributed by atoms with Gasteiger partial charge in [0.1, 0.15) is 0 Å². The van der Waals surface area contributed by atoms with Gasteiger partial charge in [0.15, 0.2) is 11.5 Å². The van der Waals surface area contributed by atoms with Crippen LogP contribution in [0.25, 0.3) is 0 Å². The van der Waals surface area contributed by atoms with Crippen LogP contribution in [0.2, 0.25) is 0 Å². The van der Waals surface area contributed by atoms with Gasteiger partial charge in [-0.15, -0.1) is 0 Å². The molecular weight excluding hydrogens is 318 g/mol. The molecule has 0 bridgehead atoms. The molecule has 1 atom stereocenters. The summed E-state index contributed by atoms with van der Waals surface area (Å²) < 4.78 is 12.4. The van der Waals surface area contributed by atoms with Gasteiger partial charge in [-0.3, -0.25) is 0 Å². The Morgan fingerprint density at radius 2 is 2.05 bits per heavy atom. The number of benzene rings is 1. The Kier molecular flexibility index (Phi) is 5.73. The molecule has 2 N–H and O–H groups in total. The summed E-state index contributed by atoms with van der Waals surface area (Å²) in [6.07, 6.45) is 6.06. The highest BCUT2D eigenvalue weighted by atomic mass is 79.9. The minimum Gasteiger partial charge on any atom is -0.493 e. The summed E-state index contributed by atoms with van der Waals surface area (Å²) in [5, 5.41) is 0. The molecule has 112 valence electrons. The number of hydrogen-bond donors (Lipinski definition) is 1. The van der Waals surface area contributed by atoms with Crippen LogP contribution < -0.4 is 15.2 Å². The van der Waals surface area contributed by atoms with E-state index in [1.54, 1.807) is 7.11 Å². The first-order valence-corrected chi connectivity index (χ1v) is 8.14. The lowest BCUT2D eigenvalue weighted by Crippen LogP contribution is -2.18. The van der Waals surface area contributed by atoms with E-state index in [-0.39, 0.29) is 6.04 Å². The second-order valence-corrected chi connectivity index (χ2v) is 6.61. The molecule has 1 aliphatic rings. The lowest BCUT2D eigenvalue weighted by Gasteiger charge is -2.17. The van der Waals surface area contributed by atoms with E-state index in [4.69, 9.17) is 15.2 Å². The molecular formula is C16H24BrNO2. The zero-order chi connectivity index (χ0) is 14.5. The SMILES string of the molecule is COc1cc(CC(C)N)cc(Br)c1OCC1CCCC1. The first-order chi connectivity index (χ1) is 9.60. The van der Waals surface area contributed by atoms with Crippen LogP contribution in [0.5, 0.6) is 11.5 Å². The third kappa shape index (κ3) is 4.13. The van der Waals surface area contributed by atoms with Crippen LogP contribution in [0.15, 0.2) is 16.6 Å². The Bertz CT molecular complexity index is 442. The molecule has 0 spiro atoms. The summed E-state index contributed by atoms with van der Waals surface area (Å²) in [4.78, 5) is 0. The third-order valence-electron chi connectivity index (χ3n) is 3.79. The molecule has 1 fully saturated rings.